The monoisotopic (exact) mass is 319 g/mol. The first-order valence-electron chi connectivity index (χ1n) is 6.81. The van der Waals surface area contributed by atoms with Crippen LogP contribution in [0.2, 0.25) is 0 Å². The van der Waals surface area contributed by atoms with Gasteiger partial charge in [-0.05, 0) is 43.9 Å². The molecule has 1 aromatic rings. The van der Waals surface area contributed by atoms with E-state index in [0.717, 1.165) is 31.4 Å². The molecule has 3 N–H and O–H groups in total. The molecule has 1 aliphatic heterocycles. The SMILES string of the molecule is Cl.NCCC1CCN(C(=O)Nc2ccc(F)c(F)c2)CC1. The van der Waals surface area contributed by atoms with Crippen LogP contribution in [0, 0.1) is 17.6 Å². The maximum atomic E-state index is 13.1. The van der Waals surface area contributed by atoms with Gasteiger partial charge in [0.15, 0.2) is 11.6 Å². The largest absolute Gasteiger partial charge is 0.330 e. The van der Waals surface area contributed by atoms with E-state index >= 15 is 0 Å². The molecule has 0 radical (unpaired) electrons. The van der Waals surface area contributed by atoms with Crippen LogP contribution in [-0.2, 0) is 0 Å². The number of hydrogen-bond donors (Lipinski definition) is 2. The molecule has 118 valence electrons. The van der Waals surface area contributed by atoms with Gasteiger partial charge in [-0.15, -0.1) is 12.4 Å². The third-order valence-corrected chi connectivity index (χ3v) is 3.65. The number of urea groups is 1. The summed E-state index contributed by atoms with van der Waals surface area (Å²) in [5.41, 5.74) is 5.79. The fourth-order valence-electron chi connectivity index (χ4n) is 2.44. The molecule has 0 spiro atoms. The summed E-state index contributed by atoms with van der Waals surface area (Å²) in [7, 11) is 0. The lowest BCUT2D eigenvalue weighted by molar-refractivity contribution is 0.180. The van der Waals surface area contributed by atoms with E-state index < -0.39 is 11.6 Å². The molecule has 1 heterocycles. The van der Waals surface area contributed by atoms with Gasteiger partial charge in [-0.25, -0.2) is 13.6 Å². The molecule has 0 aliphatic carbocycles. The Kier molecular flexibility index (Phi) is 6.84. The average molecular weight is 320 g/mol. The van der Waals surface area contributed by atoms with Gasteiger partial charge in [-0.3, -0.25) is 0 Å². The Labute approximate surface area is 129 Å². The summed E-state index contributed by atoms with van der Waals surface area (Å²) in [4.78, 5) is 13.7. The Morgan fingerprint density at radius 2 is 1.95 bits per heavy atom. The second-order valence-corrected chi connectivity index (χ2v) is 5.07. The summed E-state index contributed by atoms with van der Waals surface area (Å²) in [5, 5.41) is 2.58. The normalized spacial score (nSPS) is 15.5. The molecule has 21 heavy (non-hydrogen) atoms. The van der Waals surface area contributed by atoms with Crippen molar-refractivity contribution in [2.75, 3.05) is 25.0 Å². The Hall–Kier alpha value is -1.40. The number of nitrogens with zero attached hydrogens (tertiary/aromatic N) is 1. The van der Waals surface area contributed by atoms with Gasteiger partial charge >= 0.3 is 6.03 Å². The van der Waals surface area contributed by atoms with Crippen molar-refractivity contribution in [1.82, 2.24) is 4.90 Å². The number of anilines is 1. The minimum atomic E-state index is -0.968. The number of halogens is 3. The van der Waals surface area contributed by atoms with Crippen LogP contribution in [0.3, 0.4) is 0 Å². The van der Waals surface area contributed by atoms with Crippen LogP contribution in [0.4, 0.5) is 19.3 Å². The smallest absolute Gasteiger partial charge is 0.321 e. The fraction of sp³-hybridized carbons (Fsp3) is 0.500. The van der Waals surface area contributed by atoms with E-state index in [0.29, 0.717) is 25.6 Å². The first-order valence-corrected chi connectivity index (χ1v) is 6.81. The second-order valence-electron chi connectivity index (χ2n) is 5.07. The lowest BCUT2D eigenvalue weighted by Crippen LogP contribution is -2.41. The minimum Gasteiger partial charge on any atom is -0.330 e. The summed E-state index contributed by atoms with van der Waals surface area (Å²) in [6, 6.07) is 3.05. The van der Waals surface area contributed by atoms with E-state index in [9.17, 15) is 13.6 Å². The third kappa shape index (κ3) is 4.82. The van der Waals surface area contributed by atoms with Crippen molar-refractivity contribution < 1.29 is 13.6 Å². The molecular weight excluding hydrogens is 300 g/mol. The van der Waals surface area contributed by atoms with Crippen molar-refractivity contribution in [1.29, 1.82) is 0 Å². The Morgan fingerprint density at radius 3 is 2.52 bits per heavy atom. The van der Waals surface area contributed by atoms with Crippen molar-refractivity contribution in [3.63, 3.8) is 0 Å². The molecular formula is C14H20ClF2N3O. The Balaban J connectivity index is 0.00000220. The van der Waals surface area contributed by atoms with Crippen LogP contribution in [0.1, 0.15) is 19.3 Å². The number of carbonyl (C=O) groups is 1. The van der Waals surface area contributed by atoms with Gasteiger partial charge < -0.3 is 16.0 Å². The fourth-order valence-corrected chi connectivity index (χ4v) is 2.44. The van der Waals surface area contributed by atoms with Crippen molar-refractivity contribution in [3.05, 3.63) is 29.8 Å². The van der Waals surface area contributed by atoms with Gasteiger partial charge in [-0.2, -0.15) is 0 Å². The lowest BCUT2D eigenvalue weighted by Gasteiger charge is -2.31. The van der Waals surface area contributed by atoms with E-state index in [1.54, 1.807) is 4.90 Å². The van der Waals surface area contributed by atoms with Crippen LogP contribution in [0.25, 0.3) is 0 Å². The average Bonchev–Trinajstić information content (AvgIpc) is 2.44. The van der Waals surface area contributed by atoms with Crippen molar-refractivity contribution in [2.45, 2.75) is 19.3 Å². The number of amides is 2. The van der Waals surface area contributed by atoms with Crippen molar-refractivity contribution in [2.24, 2.45) is 11.7 Å². The first-order chi connectivity index (χ1) is 9.60. The summed E-state index contributed by atoms with van der Waals surface area (Å²) < 4.78 is 25.9. The van der Waals surface area contributed by atoms with Crippen molar-refractivity contribution >= 4 is 24.1 Å². The van der Waals surface area contributed by atoms with Crippen LogP contribution in [0.15, 0.2) is 18.2 Å². The summed E-state index contributed by atoms with van der Waals surface area (Å²) in [6.45, 7) is 2.01. The summed E-state index contributed by atoms with van der Waals surface area (Å²) in [5.74, 6) is -1.32. The summed E-state index contributed by atoms with van der Waals surface area (Å²) >= 11 is 0. The molecule has 0 bridgehead atoms. The maximum absolute atomic E-state index is 13.1. The molecule has 0 saturated carbocycles. The Bertz CT molecular complexity index is 479. The molecule has 1 aromatic carbocycles. The highest BCUT2D eigenvalue weighted by atomic mass is 35.5. The molecule has 0 atom stereocenters. The zero-order valence-electron chi connectivity index (χ0n) is 11.6. The Morgan fingerprint density at radius 1 is 1.29 bits per heavy atom. The lowest BCUT2D eigenvalue weighted by atomic mass is 9.94. The topological polar surface area (TPSA) is 58.4 Å². The molecule has 2 amide bonds. The number of likely N-dealkylation sites (tertiary alicyclic amines) is 1. The van der Waals surface area contributed by atoms with Gasteiger partial charge in [0.05, 0.1) is 0 Å². The summed E-state index contributed by atoms with van der Waals surface area (Å²) in [6.07, 6.45) is 2.85. The highest BCUT2D eigenvalue weighted by Gasteiger charge is 2.22. The number of benzene rings is 1. The van der Waals surface area contributed by atoms with E-state index in [4.69, 9.17) is 5.73 Å². The number of nitrogens with two attached hydrogens (primary N) is 1. The van der Waals surface area contributed by atoms with Gasteiger partial charge in [0.25, 0.3) is 0 Å². The number of nitrogens with one attached hydrogen (secondary N) is 1. The number of piperidine rings is 1. The van der Waals surface area contributed by atoms with E-state index in [-0.39, 0.29) is 24.1 Å². The van der Waals surface area contributed by atoms with Crippen molar-refractivity contribution in [3.8, 4) is 0 Å². The van der Waals surface area contributed by atoms with Gasteiger partial charge in [-0.1, -0.05) is 0 Å². The molecule has 1 fully saturated rings. The molecule has 0 unspecified atom stereocenters. The van der Waals surface area contributed by atoms with Crippen LogP contribution < -0.4 is 11.1 Å². The van der Waals surface area contributed by atoms with Gasteiger partial charge in [0, 0.05) is 24.8 Å². The maximum Gasteiger partial charge on any atom is 0.321 e. The van der Waals surface area contributed by atoms with Crippen LogP contribution in [-0.4, -0.2) is 30.6 Å². The zero-order chi connectivity index (χ0) is 14.5. The van der Waals surface area contributed by atoms with E-state index in [1.165, 1.54) is 6.07 Å². The van der Waals surface area contributed by atoms with Gasteiger partial charge in [0.2, 0.25) is 0 Å². The highest BCUT2D eigenvalue weighted by Crippen LogP contribution is 2.21. The van der Waals surface area contributed by atoms with E-state index in [1.807, 2.05) is 0 Å². The molecule has 7 heteroatoms. The number of carbonyl (C=O) groups excluding carboxylic acids is 1. The molecule has 4 nitrogen and oxygen atoms in total. The number of hydrogen-bond acceptors (Lipinski definition) is 2. The predicted molar refractivity (Wildman–Crippen MR) is 80.6 cm³/mol. The van der Waals surface area contributed by atoms with Crippen LogP contribution >= 0.6 is 12.4 Å². The van der Waals surface area contributed by atoms with Gasteiger partial charge in [0.1, 0.15) is 0 Å². The quantitative estimate of drug-likeness (QED) is 0.900. The standard InChI is InChI=1S/C14H19F2N3O.ClH/c15-12-2-1-11(9-13(12)16)18-14(20)19-7-4-10(3-6-17)5-8-19;/h1-2,9-10H,3-8,17H2,(H,18,20);1H. The highest BCUT2D eigenvalue weighted by molar-refractivity contribution is 5.89. The molecule has 2 rings (SSSR count). The zero-order valence-corrected chi connectivity index (χ0v) is 12.5. The molecule has 0 aromatic heterocycles. The minimum absolute atomic E-state index is 0. The van der Waals surface area contributed by atoms with Crippen LogP contribution in [0.5, 0.6) is 0 Å². The second kappa shape index (κ2) is 8.14. The molecule has 1 saturated heterocycles. The first kappa shape index (κ1) is 17.7. The van der Waals surface area contributed by atoms with E-state index in [2.05, 4.69) is 5.32 Å². The predicted octanol–water partition coefficient (Wildman–Crippen LogP) is 2.98. The number of rotatable bonds is 3. The third-order valence-electron chi connectivity index (χ3n) is 3.65. The molecule has 1 aliphatic rings.